The van der Waals surface area contributed by atoms with E-state index in [2.05, 4.69) is 40.9 Å². The molecule has 1 amide bonds. The molecule has 3 N–H and O–H groups in total. The van der Waals surface area contributed by atoms with E-state index >= 15 is 0 Å². The first-order chi connectivity index (χ1) is 19.5. The smallest absolute Gasteiger partial charge is 0.251 e. The molecule has 0 spiro atoms. The van der Waals surface area contributed by atoms with E-state index < -0.39 is 6.43 Å². The maximum absolute atomic E-state index is 12.6. The highest BCUT2D eigenvalue weighted by molar-refractivity contribution is 6.06. The number of halogens is 2. The lowest BCUT2D eigenvalue weighted by atomic mass is 10.0. The molecule has 12 heteroatoms. The number of rotatable bonds is 10. The summed E-state index contributed by atoms with van der Waals surface area (Å²) in [6.07, 6.45) is 6.48. The quantitative estimate of drug-likeness (QED) is 0.273. The molecule has 5 rings (SSSR count). The standard InChI is InChI=1S/C28H31F2N9O/c1-31-27(40)22-6-10-33-26-18(3-2-4-21(22)26)5-9-32-25-13-23(36-17-37-25)19-14-34-28(35-15-19)38-20-7-11-39(12-8-20)16-24(29)30/h2-4,6,10,13-15,17,20,24H,5,7-9,11-12,16H2,1H3,(H,31,40)(H,32,36,37)(H,34,35,38). The zero-order chi connectivity index (χ0) is 27.9. The molecule has 1 saturated heterocycles. The van der Waals surface area contributed by atoms with Gasteiger partial charge in [0.1, 0.15) is 12.1 Å². The van der Waals surface area contributed by atoms with Gasteiger partial charge < -0.3 is 16.0 Å². The van der Waals surface area contributed by atoms with Crippen molar-refractivity contribution in [2.75, 3.05) is 43.9 Å². The molecule has 1 aliphatic rings. The van der Waals surface area contributed by atoms with Gasteiger partial charge in [-0.1, -0.05) is 18.2 Å². The van der Waals surface area contributed by atoms with Crippen LogP contribution < -0.4 is 16.0 Å². The van der Waals surface area contributed by atoms with Crippen molar-refractivity contribution < 1.29 is 13.6 Å². The molecule has 1 fully saturated rings. The number of piperidine rings is 1. The third-order valence-corrected chi connectivity index (χ3v) is 6.96. The molecule has 4 aromatic rings. The van der Waals surface area contributed by atoms with Gasteiger partial charge in [-0.25, -0.2) is 28.7 Å². The first-order valence-corrected chi connectivity index (χ1v) is 13.2. The minimum absolute atomic E-state index is 0.142. The number of likely N-dealkylation sites (tertiary alicyclic amines) is 1. The number of anilines is 2. The molecule has 0 unspecified atom stereocenters. The summed E-state index contributed by atoms with van der Waals surface area (Å²) in [5.74, 6) is 1.03. The van der Waals surface area contributed by atoms with Gasteiger partial charge in [0.05, 0.1) is 23.3 Å². The zero-order valence-electron chi connectivity index (χ0n) is 22.1. The SMILES string of the molecule is CNC(=O)c1ccnc2c(CCNc3cc(-c4cnc(NC5CCN(CC(F)F)CC5)nc4)ncn3)cccc12. The monoisotopic (exact) mass is 547 g/mol. The fourth-order valence-electron chi connectivity index (χ4n) is 4.88. The third kappa shape index (κ3) is 6.63. The number of fused-ring (bicyclic) bond motifs is 1. The van der Waals surface area contributed by atoms with E-state index in [9.17, 15) is 13.6 Å². The molecule has 4 heterocycles. The molecule has 0 radical (unpaired) electrons. The van der Waals surface area contributed by atoms with Gasteiger partial charge in [-0.05, 0) is 30.9 Å². The Balaban J connectivity index is 1.17. The molecule has 0 aliphatic carbocycles. The summed E-state index contributed by atoms with van der Waals surface area (Å²) in [5.41, 5.74) is 3.87. The Morgan fingerprint density at radius 2 is 1.88 bits per heavy atom. The minimum Gasteiger partial charge on any atom is -0.370 e. The lowest BCUT2D eigenvalue weighted by Crippen LogP contribution is -2.41. The van der Waals surface area contributed by atoms with Gasteiger partial charge in [0.2, 0.25) is 5.95 Å². The predicted octanol–water partition coefficient (Wildman–Crippen LogP) is 3.64. The Bertz CT molecular complexity index is 1440. The zero-order valence-corrected chi connectivity index (χ0v) is 22.1. The highest BCUT2D eigenvalue weighted by Gasteiger charge is 2.22. The van der Waals surface area contributed by atoms with Crippen LogP contribution in [-0.2, 0) is 6.42 Å². The minimum atomic E-state index is -2.30. The Kier molecular flexibility index (Phi) is 8.65. The summed E-state index contributed by atoms with van der Waals surface area (Å²) in [7, 11) is 1.61. The van der Waals surface area contributed by atoms with Gasteiger partial charge >= 0.3 is 0 Å². The lowest BCUT2D eigenvalue weighted by molar-refractivity contribution is 0.0769. The molecule has 0 atom stereocenters. The van der Waals surface area contributed by atoms with Crippen LogP contribution in [0.3, 0.4) is 0 Å². The van der Waals surface area contributed by atoms with Gasteiger partial charge in [-0.15, -0.1) is 0 Å². The average molecular weight is 548 g/mol. The number of hydrogen-bond donors (Lipinski definition) is 3. The fourth-order valence-corrected chi connectivity index (χ4v) is 4.88. The molecule has 10 nitrogen and oxygen atoms in total. The van der Waals surface area contributed by atoms with Crippen molar-refractivity contribution in [2.24, 2.45) is 0 Å². The van der Waals surface area contributed by atoms with E-state index in [1.54, 1.807) is 36.6 Å². The Morgan fingerprint density at radius 3 is 2.62 bits per heavy atom. The highest BCUT2D eigenvalue weighted by atomic mass is 19.3. The van der Waals surface area contributed by atoms with Crippen molar-refractivity contribution in [1.82, 2.24) is 35.1 Å². The normalized spacial score (nSPS) is 14.4. The van der Waals surface area contributed by atoms with Gasteiger partial charge in [0, 0.05) is 68.3 Å². The van der Waals surface area contributed by atoms with Crippen LogP contribution in [0.4, 0.5) is 20.5 Å². The van der Waals surface area contributed by atoms with E-state index in [0.29, 0.717) is 49.1 Å². The number of benzene rings is 1. The van der Waals surface area contributed by atoms with E-state index in [1.807, 2.05) is 24.3 Å². The van der Waals surface area contributed by atoms with Crippen molar-refractivity contribution >= 4 is 28.6 Å². The van der Waals surface area contributed by atoms with Crippen LogP contribution in [0.25, 0.3) is 22.2 Å². The number of aromatic nitrogens is 5. The van der Waals surface area contributed by atoms with Crippen molar-refractivity contribution in [1.29, 1.82) is 0 Å². The second-order valence-electron chi connectivity index (χ2n) is 9.62. The van der Waals surface area contributed by atoms with Gasteiger partial charge in [-0.3, -0.25) is 14.7 Å². The number of para-hydroxylation sites is 1. The number of alkyl halides is 2. The van der Waals surface area contributed by atoms with Gasteiger partial charge in [-0.2, -0.15) is 0 Å². The van der Waals surface area contributed by atoms with E-state index in [-0.39, 0.29) is 18.5 Å². The number of carbonyl (C=O) groups excluding carboxylic acids is 1. The second kappa shape index (κ2) is 12.7. The van der Waals surface area contributed by atoms with Crippen LogP contribution >= 0.6 is 0 Å². The van der Waals surface area contributed by atoms with Crippen LogP contribution in [0.15, 0.2) is 55.2 Å². The van der Waals surface area contributed by atoms with E-state index in [1.165, 1.54) is 6.33 Å². The first kappa shape index (κ1) is 27.3. The van der Waals surface area contributed by atoms with Crippen molar-refractivity contribution in [3.63, 3.8) is 0 Å². The van der Waals surface area contributed by atoms with Crippen LogP contribution in [0.2, 0.25) is 0 Å². The number of hydrogen-bond acceptors (Lipinski definition) is 9. The summed E-state index contributed by atoms with van der Waals surface area (Å²) in [4.78, 5) is 36.1. The predicted molar refractivity (Wildman–Crippen MR) is 149 cm³/mol. The first-order valence-electron chi connectivity index (χ1n) is 13.2. The third-order valence-electron chi connectivity index (χ3n) is 6.96. The van der Waals surface area contributed by atoms with Crippen LogP contribution in [0.1, 0.15) is 28.8 Å². The molecule has 0 bridgehead atoms. The molecule has 1 aromatic carbocycles. The summed E-state index contributed by atoms with van der Waals surface area (Å²) in [6, 6.07) is 9.57. The molecule has 1 aliphatic heterocycles. The molecule has 3 aromatic heterocycles. The van der Waals surface area contributed by atoms with E-state index in [4.69, 9.17) is 0 Å². The summed E-state index contributed by atoms with van der Waals surface area (Å²) < 4.78 is 25.2. The van der Waals surface area contributed by atoms with Crippen LogP contribution in [-0.4, -0.2) is 81.4 Å². The number of amides is 1. The summed E-state index contributed by atoms with van der Waals surface area (Å²) in [5, 5.41) is 10.1. The number of nitrogens with one attached hydrogen (secondary N) is 3. The lowest BCUT2D eigenvalue weighted by Gasteiger charge is -2.31. The fraction of sp³-hybridized carbons (Fsp3) is 0.357. The van der Waals surface area contributed by atoms with Crippen molar-refractivity contribution in [3.8, 4) is 11.3 Å². The Morgan fingerprint density at radius 1 is 1.07 bits per heavy atom. The molecular weight excluding hydrogens is 516 g/mol. The Hall–Kier alpha value is -4.32. The van der Waals surface area contributed by atoms with Crippen molar-refractivity contribution in [3.05, 3.63) is 66.4 Å². The number of nitrogens with zero attached hydrogens (tertiary/aromatic N) is 6. The average Bonchev–Trinajstić information content (AvgIpc) is 2.98. The molecule has 208 valence electrons. The van der Waals surface area contributed by atoms with E-state index in [0.717, 1.165) is 34.9 Å². The summed E-state index contributed by atoms with van der Waals surface area (Å²) >= 11 is 0. The molecule has 40 heavy (non-hydrogen) atoms. The summed E-state index contributed by atoms with van der Waals surface area (Å²) in [6.45, 7) is 1.70. The maximum atomic E-state index is 12.6. The molecule has 0 saturated carbocycles. The number of pyridine rings is 1. The second-order valence-corrected chi connectivity index (χ2v) is 9.62. The topological polar surface area (TPSA) is 121 Å². The Labute approximate surface area is 230 Å². The highest BCUT2D eigenvalue weighted by Crippen LogP contribution is 2.22. The van der Waals surface area contributed by atoms with Gasteiger partial charge in [0.25, 0.3) is 12.3 Å². The largest absolute Gasteiger partial charge is 0.370 e. The van der Waals surface area contributed by atoms with Crippen LogP contribution in [0.5, 0.6) is 0 Å². The van der Waals surface area contributed by atoms with Gasteiger partial charge in [0.15, 0.2) is 0 Å². The van der Waals surface area contributed by atoms with Crippen LogP contribution in [0, 0.1) is 0 Å². The van der Waals surface area contributed by atoms with Crippen molar-refractivity contribution in [2.45, 2.75) is 31.7 Å². The number of carbonyl (C=O) groups is 1. The molecular formula is C28H31F2N9O. The maximum Gasteiger partial charge on any atom is 0.251 e.